The van der Waals surface area contributed by atoms with Crippen molar-refractivity contribution in [2.24, 2.45) is 17.8 Å². The molecule has 2 fully saturated rings. The highest BCUT2D eigenvalue weighted by molar-refractivity contribution is 5.71. The Hall–Kier alpha value is -0.610. The zero-order chi connectivity index (χ0) is 11.0. The lowest BCUT2D eigenvalue weighted by Crippen LogP contribution is -2.62. The number of carbonyl (C=O) groups is 1. The minimum atomic E-state index is -0.638. The van der Waals surface area contributed by atoms with Crippen LogP contribution in [0.15, 0.2) is 0 Å². The number of carboxylic acid groups (broad SMARTS) is 1. The van der Waals surface area contributed by atoms with E-state index in [2.05, 4.69) is 24.1 Å². The summed E-state index contributed by atoms with van der Waals surface area (Å²) in [6.07, 6.45) is 0. The molecule has 0 aromatic heterocycles. The average Bonchev–Trinajstić information content (AvgIpc) is 2.06. The number of likely N-dealkylation sites (tertiary alicyclic amines) is 1. The molecule has 2 unspecified atom stereocenters. The number of hydrogen-bond donors (Lipinski definition) is 2. The average molecular weight is 212 g/mol. The van der Waals surface area contributed by atoms with Crippen molar-refractivity contribution >= 4 is 5.97 Å². The van der Waals surface area contributed by atoms with Crippen molar-refractivity contribution in [3.8, 4) is 0 Å². The summed E-state index contributed by atoms with van der Waals surface area (Å²) >= 11 is 0. The van der Waals surface area contributed by atoms with Gasteiger partial charge in [0.15, 0.2) is 0 Å². The zero-order valence-corrected chi connectivity index (χ0v) is 9.44. The molecule has 4 heteroatoms. The highest BCUT2D eigenvalue weighted by atomic mass is 16.4. The summed E-state index contributed by atoms with van der Waals surface area (Å²) in [6.45, 7) is 8.11. The molecular formula is C11H20N2O2. The minimum absolute atomic E-state index is 0.126. The summed E-state index contributed by atoms with van der Waals surface area (Å²) in [4.78, 5) is 13.1. The van der Waals surface area contributed by atoms with E-state index in [0.717, 1.165) is 26.2 Å². The molecule has 0 spiro atoms. The van der Waals surface area contributed by atoms with E-state index in [1.807, 2.05) is 0 Å². The number of carboxylic acids is 1. The van der Waals surface area contributed by atoms with E-state index in [-0.39, 0.29) is 5.92 Å². The Labute approximate surface area is 90.6 Å². The molecule has 0 bridgehead atoms. The van der Waals surface area contributed by atoms with Crippen molar-refractivity contribution in [3.05, 3.63) is 0 Å². The fourth-order valence-corrected chi connectivity index (χ4v) is 2.97. The van der Waals surface area contributed by atoms with Gasteiger partial charge in [-0.05, 0) is 24.9 Å². The van der Waals surface area contributed by atoms with E-state index in [1.165, 1.54) is 0 Å². The lowest BCUT2D eigenvalue weighted by molar-refractivity contribution is -0.150. The first-order valence-electron chi connectivity index (χ1n) is 5.77. The standard InChI is InChI=1S/C11H20N2O2/c1-7-3-12-4-8(2)10(7)13-5-9(6-13)11(14)15/h7-10,12H,3-6H2,1-2H3,(H,14,15). The fourth-order valence-electron chi connectivity index (χ4n) is 2.97. The highest BCUT2D eigenvalue weighted by Gasteiger charge is 2.41. The van der Waals surface area contributed by atoms with Crippen LogP contribution >= 0.6 is 0 Å². The summed E-state index contributed by atoms with van der Waals surface area (Å²) in [6, 6.07) is 0.571. The third-order valence-electron chi connectivity index (χ3n) is 3.78. The Kier molecular flexibility index (Phi) is 2.98. The van der Waals surface area contributed by atoms with Gasteiger partial charge in [-0.3, -0.25) is 9.69 Å². The number of nitrogens with one attached hydrogen (secondary N) is 1. The van der Waals surface area contributed by atoms with Crippen LogP contribution in [0.4, 0.5) is 0 Å². The van der Waals surface area contributed by atoms with Crippen molar-refractivity contribution < 1.29 is 9.90 Å². The van der Waals surface area contributed by atoms with Gasteiger partial charge in [0.25, 0.3) is 0 Å². The second-order valence-corrected chi connectivity index (χ2v) is 5.09. The molecule has 0 aromatic rings. The van der Waals surface area contributed by atoms with Crippen molar-refractivity contribution in [3.63, 3.8) is 0 Å². The number of rotatable bonds is 2. The quantitative estimate of drug-likeness (QED) is 0.689. The smallest absolute Gasteiger partial charge is 0.309 e. The Balaban J connectivity index is 1.91. The molecule has 15 heavy (non-hydrogen) atoms. The van der Waals surface area contributed by atoms with Gasteiger partial charge in [0.05, 0.1) is 5.92 Å². The molecule has 2 N–H and O–H groups in total. The number of aliphatic carboxylic acids is 1. The summed E-state index contributed by atoms with van der Waals surface area (Å²) in [5.41, 5.74) is 0. The lowest BCUT2D eigenvalue weighted by atomic mass is 9.82. The zero-order valence-electron chi connectivity index (χ0n) is 9.44. The lowest BCUT2D eigenvalue weighted by Gasteiger charge is -2.49. The first kappa shape index (κ1) is 10.9. The van der Waals surface area contributed by atoms with Crippen LogP contribution in [0.2, 0.25) is 0 Å². The van der Waals surface area contributed by atoms with Gasteiger partial charge in [-0.25, -0.2) is 0 Å². The molecule has 2 heterocycles. The normalized spacial score (nSPS) is 38.7. The second kappa shape index (κ2) is 4.10. The molecule has 86 valence electrons. The number of hydrogen-bond acceptors (Lipinski definition) is 3. The van der Waals surface area contributed by atoms with Crippen molar-refractivity contribution in [1.29, 1.82) is 0 Å². The Bertz CT molecular complexity index is 241. The molecule has 0 amide bonds. The maximum Gasteiger partial charge on any atom is 0.309 e. The molecule has 0 saturated carbocycles. The van der Waals surface area contributed by atoms with Gasteiger partial charge >= 0.3 is 5.97 Å². The topological polar surface area (TPSA) is 52.6 Å². The van der Waals surface area contributed by atoms with Crippen LogP contribution in [0, 0.1) is 17.8 Å². The van der Waals surface area contributed by atoms with Crippen molar-refractivity contribution in [1.82, 2.24) is 10.2 Å². The second-order valence-electron chi connectivity index (χ2n) is 5.09. The molecule has 2 rings (SSSR count). The van der Waals surface area contributed by atoms with E-state index >= 15 is 0 Å². The van der Waals surface area contributed by atoms with E-state index < -0.39 is 5.97 Å². The monoisotopic (exact) mass is 212 g/mol. The Morgan fingerprint density at radius 3 is 2.27 bits per heavy atom. The molecule has 2 aliphatic rings. The molecule has 0 radical (unpaired) electrons. The minimum Gasteiger partial charge on any atom is -0.481 e. The third-order valence-corrected chi connectivity index (χ3v) is 3.78. The van der Waals surface area contributed by atoms with Crippen molar-refractivity contribution in [2.75, 3.05) is 26.2 Å². The van der Waals surface area contributed by atoms with Gasteiger partial charge in [0.1, 0.15) is 0 Å². The Morgan fingerprint density at radius 2 is 1.80 bits per heavy atom. The first-order valence-corrected chi connectivity index (χ1v) is 5.77. The van der Waals surface area contributed by atoms with Gasteiger partial charge in [-0.15, -0.1) is 0 Å². The van der Waals surface area contributed by atoms with E-state index in [0.29, 0.717) is 17.9 Å². The number of nitrogens with zero attached hydrogens (tertiary/aromatic N) is 1. The highest BCUT2D eigenvalue weighted by Crippen LogP contribution is 2.29. The van der Waals surface area contributed by atoms with E-state index in [4.69, 9.17) is 5.11 Å². The van der Waals surface area contributed by atoms with Gasteiger partial charge in [0, 0.05) is 19.1 Å². The van der Waals surface area contributed by atoms with Crippen LogP contribution in [0.25, 0.3) is 0 Å². The van der Waals surface area contributed by atoms with Crippen LogP contribution in [-0.4, -0.2) is 48.2 Å². The summed E-state index contributed by atoms with van der Waals surface area (Å²) in [7, 11) is 0. The predicted molar refractivity (Wildman–Crippen MR) is 57.7 cm³/mol. The van der Waals surface area contributed by atoms with Crippen LogP contribution in [-0.2, 0) is 4.79 Å². The maximum atomic E-state index is 10.7. The van der Waals surface area contributed by atoms with Crippen molar-refractivity contribution in [2.45, 2.75) is 19.9 Å². The largest absolute Gasteiger partial charge is 0.481 e. The van der Waals surface area contributed by atoms with Gasteiger partial charge < -0.3 is 10.4 Å². The predicted octanol–water partition coefficient (Wildman–Crippen LogP) is 0.247. The molecule has 2 aliphatic heterocycles. The van der Waals surface area contributed by atoms with Gasteiger partial charge in [-0.1, -0.05) is 13.8 Å². The Morgan fingerprint density at radius 1 is 1.27 bits per heavy atom. The maximum absolute atomic E-state index is 10.7. The van der Waals surface area contributed by atoms with Crippen LogP contribution in [0.5, 0.6) is 0 Å². The molecule has 0 aliphatic carbocycles. The summed E-state index contributed by atoms with van der Waals surface area (Å²) in [5.74, 6) is 0.492. The molecular weight excluding hydrogens is 192 g/mol. The van der Waals surface area contributed by atoms with E-state index in [1.54, 1.807) is 0 Å². The van der Waals surface area contributed by atoms with Gasteiger partial charge in [0.2, 0.25) is 0 Å². The van der Waals surface area contributed by atoms with E-state index in [9.17, 15) is 4.79 Å². The summed E-state index contributed by atoms with van der Waals surface area (Å²) in [5, 5.41) is 12.3. The molecule has 2 atom stereocenters. The summed E-state index contributed by atoms with van der Waals surface area (Å²) < 4.78 is 0. The SMILES string of the molecule is CC1CNCC(C)C1N1CC(C(=O)O)C1. The fraction of sp³-hybridized carbons (Fsp3) is 0.909. The third kappa shape index (κ3) is 2.01. The van der Waals surface area contributed by atoms with Crippen LogP contribution in [0.3, 0.4) is 0 Å². The van der Waals surface area contributed by atoms with Crippen LogP contribution in [0.1, 0.15) is 13.8 Å². The molecule has 4 nitrogen and oxygen atoms in total. The number of piperidine rings is 1. The first-order chi connectivity index (χ1) is 7.09. The molecule has 2 saturated heterocycles. The molecule has 0 aromatic carbocycles. The van der Waals surface area contributed by atoms with Gasteiger partial charge in [-0.2, -0.15) is 0 Å². The van der Waals surface area contributed by atoms with Crippen LogP contribution < -0.4 is 5.32 Å².